The Labute approximate surface area is 117 Å². The van der Waals surface area contributed by atoms with Crippen LogP contribution in [0.25, 0.3) is 11.4 Å². The fourth-order valence-corrected chi connectivity index (χ4v) is 2.66. The summed E-state index contributed by atoms with van der Waals surface area (Å²) in [5, 5.41) is 12.1. The summed E-state index contributed by atoms with van der Waals surface area (Å²) in [5.41, 5.74) is 7.54. The molecule has 106 valence electrons. The maximum Gasteiger partial charge on any atom is 0.182 e. The highest BCUT2D eigenvalue weighted by Gasteiger charge is 2.30. The third-order valence-electron chi connectivity index (χ3n) is 3.76. The van der Waals surface area contributed by atoms with E-state index in [0.29, 0.717) is 24.1 Å². The third kappa shape index (κ3) is 2.21. The van der Waals surface area contributed by atoms with Crippen molar-refractivity contribution >= 4 is 5.69 Å². The van der Waals surface area contributed by atoms with Crippen molar-refractivity contribution in [2.24, 2.45) is 5.92 Å². The molecule has 0 spiro atoms. The van der Waals surface area contributed by atoms with Crippen molar-refractivity contribution in [1.29, 1.82) is 0 Å². The van der Waals surface area contributed by atoms with Crippen molar-refractivity contribution in [3.63, 3.8) is 0 Å². The molecule has 0 bridgehead atoms. The number of benzene rings is 1. The molecule has 1 saturated carbocycles. The molecule has 2 N–H and O–H groups in total. The second kappa shape index (κ2) is 5.11. The van der Waals surface area contributed by atoms with Crippen LogP contribution in [-0.4, -0.2) is 26.8 Å². The average molecular weight is 273 g/mol. The van der Waals surface area contributed by atoms with Gasteiger partial charge in [0.2, 0.25) is 0 Å². The van der Waals surface area contributed by atoms with Crippen molar-refractivity contribution in [2.45, 2.75) is 32.7 Å². The molecule has 1 aliphatic carbocycles. The third-order valence-corrected chi connectivity index (χ3v) is 3.76. The molecule has 0 saturated heterocycles. The van der Waals surface area contributed by atoms with Gasteiger partial charge in [0.1, 0.15) is 5.75 Å². The van der Waals surface area contributed by atoms with Crippen molar-refractivity contribution in [3.05, 3.63) is 18.2 Å². The smallest absolute Gasteiger partial charge is 0.182 e. The van der Waals surface area contributed by atoms with Crippen LogP contribution in [0, 0.1) is 5.92 Å². The number of nitrogens with zero attached hydrogens (tertiary/aromatic N) is 4. The highest BCUT2D eigenvalue weighted by atomic mass is 16.5. The zero-order valence-corrected chi connectivity index (χ0v) is 11.8. The SMILES string of the molecule is CCOc1ccc(-c2nnnn2C2CC(C)C2)cc1N. The molecule has 0 aliphatic heterocycles. The summed E-state index contributed by atoms with van der Waals surface area (Å²) in [5.74, 6) is 2.23. The first-order valence-electron chi connectivity index (χ1n) is 6.99. The monoisotopic (exact) mass is 273 g/mol. The van der Waals surface area contributed by atoms with Gasteiger partial charge in [0.25, 0.3) is 0 Å². The van der Waals surface area contributed by atoms with E-state index in [0.717, 1.165) is 30.1 Å². The van der Waals surface area contributed by atoms with Crippen molar-refractivity contribution in [3.8, 4) is 17.1 Å². The molecule has 3 rings (SSSR count). The molecule has 1 aliphatic rings. The van der Waals surface area contributed by atoms with Crippen LogP contribution in [0.5, 0.6) is 5.75 Å². The van der Waals surface area contributed by atoms with Gasteiger partial charge < -0.3 is 10.5 Å². The van der Waals surface area contributed by atoms with Gasteiger partial charge in [-0.1, -0.05) is 6.92 Å². The van der Waals surface area contributed by atoms with Crippen molar-refractivity contribution in [1.82, 2.24) is 20.2 Å². The lowest BCUT2D eigenvalue weighted by Crippen LogP contribution is -2.26. The van der Waals surface area contributed by atoms with Gasteiger partial charge >= 0.3 is 0 Å². The number of ether oxygens (including phenoxy) is 1. The van der Waals surface area contributed by atoms with E-state index in [9.17, 15) is 0 Å². The molecule has 20 heavy (non-hydrogen) atoms. The first-order valence-corrected chi connectivity index (χ1v) is 6.99. The Bertz CT molecular complexity index is 603. The summed E-state index contributed by atoms with van der Waals surface area (Å²) in [6.07, 6.45) is 2.26. The second-order valence-corrected chi connectivity index (χ2v) is 5.36. The van der Waals surface area contributed by atoms with E-state index in [-0.39, 0.29) is 0 Å². The molecular formula is C14H19N5O. The van der Waals surface area contributed by atoms with Gasteiger partial charge in [-0.25, -0.2) is 4.68 Å². The quantitative estimate of drug-likeness (QED) is 0.865. The number of nitrogens with two attached hydrogens (primary N) is 1. The Morgan fingerprint density at radius 2 is 2.20 bits per heavy atom. The van der Waals surface area contributed by atoms with Crippen LogP contribution in [-0.2, 0) is 0 Å². The van der Waals surface area contributed by atoms with Gasteiger partial charge in [-0.05, 0) is 54.3 Å². The number of tetrazole rings is 1. The summed E-state index contributed by atoms with van der Waals surface area (Å²) < 4.78 is 7.36. The van der Waals surface area contributed by atoms with Gasteiger partial charge in [-0.2, -0.15) is 0 Å². The predicted molar refractivity (Wildman–Crippen MR) is 76.3 cm³/mol. The Kier molecular flexibility index (Phi) is 3.30. The molecule has 1 fully saturated rings. The lowest BCUT2D eigenvalue weighted by Gasteiger charge is -2.32. The number of hydrogen-bond acceptors (Lipinski definition) is 5. The fourth-order valence-electron chi connectivity index (χ4n) is 2.66. The topological polar surface area (TPSA) is 78.9 Å². The van der Waals surface area contributed by atoms with E-state index in [1.165, 1.54) is 0 Å². The summed E-state index contributed by atoms with van der Waals surface area (Å²) >= 11 is 0. The number of aromatic nitrogens is 4. The van der Waals surface area contributed by atoms with Crippen LogP contribution >= 0.6 is 0 Å². The molecule has 0 atom stereocenters. The first kappa shape index (κ1) is 12.9. The van der Waals surface area contributed by atoms with E-state index in [4.69, 9.17) is 10.5 Å². The molecule has 0 radical (unpaired) electrons. The van der Waals surface area contributed by atoms with E-state index in [1.54, 1.807) is 0 Å². The largest absolute Gasteiger partial charge is 0.492 e. The Morgan fingerprint density at radius 3 is 2.85 bits per heavy atom. The van der Waals surface area contributed by atoms with Gasteiger partial charge in [0.05, 0.1) is 18.3 Å². The van der Waals surface area contributed by atoms with Gasteiger partial charge in [0, 0.05) is 5.56 Å². The summed E-state index contributed by atoms with van der Waals surface area (Å²) in [4.78, 5) is 0. The fraction of sp³-hybridized carbons (Fsp3) is 0.500. The van der Waals surface area contributed by atoms with E-state index in [1.807, 2.05) is 29.8 Å². The minimum atomic E-state index is 0.405. The van der Waals surface area contributed by atoms with E-state index >= 15 is 0 Å². The lowest BCUT2D eigenvalue weighted by atomic mass is 9.82. The van der Waals surface area contributed by atoms with Gasteiger partial charge in [0.15, 0.2) is 5.82 Å². The van der Waals surface area contributed by atoms with Crippen molar-refractivity contribution in [2.75, 3.05) is 12.3 Å². The molecule has 6 heteroatoms. The number of nitrogen functional groups attached to an aromatic ring is 1. The Balaban J connectivity index is 1.90. The standard InChI is InChI=1S/C14H19N5O/c1-3-20-13-5-4-10(8-12(13)15)14-16-17-18-19(14)11-6-9(2)7-11/h4-5,8-9,11H,3,6-7,15H2,1-2H3. The summed E-state index contributed by atoms with van der Waals surface area (Å²) in [7, 11) is 0. The molecule has 1 heterocycles. The molecule has 2 aromatic rings. The van der Waals surface area contributed by atoms with Gasteiger partial charge in [-0.15, -0.1) is 5.10 Å². The predicted octanol–water partition coefficient (Wildman–Crippen LogP) is 2.29. The summed E-state index contributed by atoms with van der Waals surface area (Å²) in [6, 6.07) is 6.10. The van der Waals surface area contributed by atoms with Gasteiger partial charge in [-0.3, -0.25) is 0 Å². The van der Waals surface area contributed by atoms with Crippen LogP contribution in [0.15, 0.2) is 18.2 Å². The number of anilines is 1. The molecule has 0 amide bonds. The molecule has 0 unspecified atom stereocenters. The van der Waals surface area contributed by atoms with E-state index in [2.05, 4.69) is 22.4 Å². The first-order chi connectivity index (χ1) is 9.69. The highest BCUT2D eigenvalue weighted by molar-refractivity contribution is 5.66. The molecule has 6 nitrogen and oxygen atoms in total. The molecule has 1 aromatic carbocycles. The highest BCUT2D eigenvalue weighted by Crippen LogP contribution is 2.39. The number of hydrogen-bond donors (Lipinski definition) is 1. The van der Waals surface area contributed by atoms with Crippen LogP contribution < -0.4 is 10.5 Å². The minimum absolute atomic E-state index is 0.405. The zero-order valence-electron chi connectivity index (χ0n) is 11.8. The second-order valence-electron chi connectivity index (χ2n) is 5.36. The Morgan fingerprint density at radius 1 is 1.40 bits per heavy atom. The minimum Gasteiger partial charge on any atom is -0.492 e. The van der Waals surface area contributed by atoms with Crippen LogP contribution in [0.3, 0.4) is 0 Å². The average Bonchev–Trinajstić information content (AvgIpc) is 2.86. The maximum atomic E-state index is 6.01. The normalized spacial score (nSPS) is 21.5. The van der Waals surface area contributed by atoms with Crippen LogP contribution in [0.1, 0.15) is 32.7 Å². The summed E-state index contributed by atoms with van der Waals surface area (Å²) in [6.45, 7) is 4.78. The molecular weight excluding hydrogens is 254 g/mol. The molecule has 1 aromatic heterocycles. The Hall–Kier alpha value is -2.11. The zero-order chi connectivity index (χ0) is 14.1. The van der Waals surface area contributed by atoms with Crippen LogP contribution in [0.2, 0.25) is 0 Å². The number of rotatable bonds is 4. The van der Waals surface area contributed by atoms with Crippen LogP contribution in [0.4, 0.5) is 5.69 Å². The van der Waals surface area contributed by atoms with Crippen molar-refractivity contribution < 1.29 is 4.74 Å². The lowest BCUT2D eigenvalue weighted by molar-refractivity contribution is 0.199. The maximum absolute atomic E-state index is 6.01. The van der Waals surface area contributed by atoms with E-state index < -0.39 is 0 Å².